The molecule has 0 radical (unpaired) electrons. The van der Waals surface area contributed by atoms with Crippen molar-refractivity contribution >= 4 is 44.6 Å². The minimum atomic E-state index is -0.413. The van der Waals surface area contributed by atoms with E-state index in [-0.39, 0.29) is 11.8 Å². The lowest BCUT2D eigenvalue weighted by molar-refractivity contribution is -0.118. The topological polar surface area (TPSA) is 29.1 Å². The summed E-state index contributed by atoms with van der Waals surface area (Å²) in [6.07, 6.45) is 0.868. The summed E-state index contributed by atoms with van der Waals surface area (Å²) in [5, 5.41) is 7.20. The van der Waals surface area contributed by atoms with Crippen molar-refractivity contribution in [3.63, 3.8) is 0 Å². The van der Waals surface area contributed by atoms with Gasteiger partial charge < -0.3 is 5.32 Å². The lowest BCUT2D eigenvalue weighted by Crippen LogP contribution is -2.20. The summed E-state index contributed by atoms with van der Waals surface area (Å²) in [5.74, 6) is 0.369. The lowest BCUT2D eigenvalue weighted by Gasteiger charge is -2.08. The molecule has 22 heavy (non-hydrogen) atoms. The molecule has 1 aliphatic heterocycles. The molecule has 1 aliphatic carbocycles. The summed E-state index contributed by atoms with van der Waals surface area (Å²) in [5.41, 5.74) is 2.86. The van der Waals surface area contributed by atoms with Crippen molar-refractivity contribution in [2.24, 2.45) is 0 Å². The molecule has 1 amide bonds. The highest BCUT2D eigenvalue weighted by molar-refractivity contribution is 7.17. The molecule has 1 spiro atoms. The number of carbonyl (C=O) groups excluding carboxylic acids is 1. The van der Waals surface area contributed by atoms with E-state index in [2.05, 4.69) is 35.0 Å². The number of benzene rings is 2. The Balaban J connectivity index is 1.67. The molecule has 1 saturated carbocycles. The molecule has 2 nitrogen and oxygen atoms in total. The van der Waals surface area contributed by atoms with Crippen LogP contribution in [0.15, 0.2) is 47.8 Å². The van der Waals surface area contributed by atoms with Crippen molar-refractivity contribution in [1.29, 1.82) is 0 Å². The van der Waals surface area contributed by atoms with Gasteiger partial charge in [-0.25, -0.2) is 0 Å². The second-order valence-corrected chi connectivity index (χ2v) is 7.41. The van der Waals surface area contributed by atoms with Gasteiger partial charge in [0.2, 0.25) is 5.91 Å². The van der Waals surface area contributed by atoms with E-state index in [4.69, 9.17) is 11.6 Å². The van der Waals surface area contributed by atoms with Gasteiger partial charge in [-0.05, 0) is 52.6 Å². The predicted molar refractivity (Wildman–Crippen MR) is 90.9 cm³/mol. The van der Waals surface area contributed by atoms with Gasteiger partial charge in [-0.2, -0.15) is 0 Å². The van der Waals surface area contributed by atoms with Crippen LogP contribution in [0.25, 0.3) is 10.1 Å². The third kappa shape index (κ3) is 1.48. The first-order chi connectivity index (χ1) is 10.7. The first kappa shape index (κ1) is 12.7. The van der Waals surface area contributed by atoms with Gasteiger partial charge in [-0.15, -0.1) is 11.3 Å². The van der Waals surface area contributed by atoms with Crippen molar-refractivity contribution in [1.82, 2.24) is 0 Å². The number of carbonyl (C=O) groups is 1. The number of fused-ring (bicyclic) bond motifs is 3. The summed E-state index contributed by atoms with van der Waals surface area (Å²) in [7, 11) is 0. The summed E-state index contributed by atoms with van der Waals surface area (Å²) >= 11 is 7.91. The maximum Gasteiger partial charge on any atom is 0.235 e. The number of thiophene rings is 1. The van der Waals surface area contributed by atoms with Crippen LogP contribution < -0.4 is 5.32 Å². The Morgan fingerprint density at radius 2 is 2.09 bits per heavy atom. The molecule has 1 aromatic heterocycles. The molecule has 4 heteroatoms. The summed E-state index contributed by atoms with van der Waals surface area (Å²) < 4.78 is 1.28. The van der Waals surface area contributed by atoms with Crippen LogP contribution in [0.3, 0.4) is 0 Å². The minimum absolute atomic E-state index is 0.116. The number of halogens is 1. The number of rotatable bonds is 1. The monoisotopic (exact) mass is 325 g/mol. The van der Waals surface area contributed by atoms with E-state index in [1.54, 1.807) is 11.3 Å². The van der Waals surface area contributed by atoms with Crippen LogP contribution in [0.4, 0.5) is 5.69 Å². The van der Waals surface area contributed by atoms with Crippen LogP contribution in [0.1, 0.15) is 23.5 Å². The molecule has 1 fully saturated rings. The van der Waals surface area contributed by atoms with Crippen molar-refractivity contribution in [3.8, 4) is 0 Å². The van der Waals surface area contributed by atoms with E-state index in [0.29, 0.717) is 5.02 Å². The van der Waals surface area contributed by atoms with Gasteiger partial charge in [0.15, 0.2) is 0 Å². The van der Waals surface area contributed by atoms with Gasteiger partial charge >= 0.3 is 0 Å². The molecular formula is C18H12ClNOS. The van der Waals surface area contributed by atoms with Crippen molar-refractivity contribution in [2.75, 3.05) is 5.32 Å². The fourth-order valence-electron chi connectivity index (χ4n) is 3.81. The third-order valence-electron chi connectivity index (χ3n) is 4.96. The highest BCUT2D eigenvalue weighted by Gasteiger charge is 2.65. The highest BCUT2D eigenvalue weighted by Crippen LogP contribution is 2.66. The van der Waals surface area contributed by atoms with Crippen LogP contribution >= 0.6 is 22.9 Å². The number of hydrogen-bond donors (Lipinski definition) is 1. The second kappa shape index (κ2) is 4.12. The Bertz CT molecular complexity index is 947. The molecule has 5 rings (SSSR count). The molecule has 0 bridgehead atoms. The second-order valence-electron chi connectivity index (χ2n) is 6.06. The SMILES string of the molecule is O=C1Nc2ccc(Cl)cc2C12CC2c1csc2ccccc12. The van der Waals surface area contributed by atoms with Gasteiger partial charge in [0, 0.05) is 21.3 Å². The largest absolute Gasteiger partial charge is 0.325 e. The first-order valence-electron chi connectivity index (χ1n) is 7.28. The standard InChI is InChI=1S/C18H12ClNOS/c19-10-5-6-15-13(7-10)18(17(21)20-15)8-14(18)12-9-22-16-4-2-1-3-11(12)16/h1-7,9,14H,8H2,(H,20,21). The number of anilines is 1. The average molecular weight is 326 g/mol. The quantitative estimate of drug-likeness (QED) is 0.675. The van der Waals surface area contributed by atoms with Crippen LogP contribution in [-0.4, -0.2) is 5.91 Å². The van der Waals surface area contributed by atoms with E-state index in [9.17, 15) is 4.79 Å². The van der Waals surface area contributed by atoms with Crippen LogP contribution in [0.2, 0.25) is 5.02 Å². The molecule has 108 valence electrons. The van der Waals surface area contributed by atoms with E-state index in [1.165, 1.54) is 15.6 Å². The van der Waals surface area contributed by atoms with Gasteiger partial charge in [0.25, 0.3) is 0 Å². The van der Waals surface area contributed by atoms with Crippen LogP contribution in [0, 0.1) is 0 Å². The van der Waals surface area contributed by atoms with Gasteiger partial charge in [-0.3, -0.25) is 4.79 Å². The molecule has 2 aromatic carbocycles. The average Bonchev–Trinajstić information content (AvgIpc) is 3.03. The highest BCUT2D eigenvalue weighted by atomic mass is 35.5. The zero-order chi connectivity index (χ0) is 14.9. The Kier molecular flexibility index (Phi) is 2.37. The third-order valence-corrected chi connectivity index (χ3v) is 6.18. The van der Waals surface area contributed by atoms with E-state index < -0.39 is 5.41 Å². The molecular weight excluding hydrogens is 314 g/mol. The van der Waals surface area contributed by atoms with Crippen LogP contribution in [-0.2, 0) is 10.2 Å². The maximum absolute atomic E-state index is 12.6. The van der Waals surface area contributed by atoms with E-state index >= 15 is 0 Å². The molecule has 2 atom stereocenters. The summed E-state index contributed by atoms with van der Waals surface area (Å²) in [6.45, 7) is 0. The molecule has 2 aliphatic rings. The lowest BCUT2D eigenvalue weighted by atomic mass is 9.92. The fraction of sp³-hybridized carbons (Fsp3) is 0.167. The zero-order valence-electron chi connectivity index (χ0n) is 11.6. The molecule has 1 N–H and O–H groups in total. The summed E-state index contributed by atoms with van der Waals surface area (Å²) in [4.78, 5) is 12.6. The number of nitrogens with one attached hydrogen (secondary N) is 1. The Morgan fingerprint density at radius 1 is 1.23 bits per heavy atom. The van der Waals surface area contributed by atoms with Gasteiger partial charge in [0.05, 0.1) is 5.41 Å². The van der Waals surface area contributed by atoms with Crippen molar-refractivity contribution < 1.29 is 4.79 Å². The Hall–Kier alpha value is -1.84. The fourth-order valence-corrected chi connectivity index (χ4v) is 4.99. The first-order valence-corrected chi connectivity index (χ1v) is 8.53. The van der Waals surface area contributed by atoms with Crippen LogP contribution in [0.5, 0.6) is 0 Å². The van der Waals surface area contributed by atoms with Crippen molar-refractivity contribution in [2.45, 2.75) is 17.8 Å². The Morgan fingerprint density at radius 3 is 3.00 bits per heavy atom. The van der Waals surface area contributed by atoms with Gasteiger partial charge in [0.1, 0.15) is 0 Å². The molecule has 2 unspecified atom stereocenters. The molecule has 3 aromatic rings. The van der Waals surface area contributed by atoms with Crippen molar-refractivity contribution in [3.05, 3.63) is 64.0 Å². The maximum atomic E-state index is 12.6. The minimum Gasteiger partial charge on any atom is -0.325 e. The van der Waals surface area contributed by atoms with E-state index in [0.717, 1.165) is 17.7 Å². The zero-order valence-corrected chi connectivity index (χ0v) is 13.2. The smallest absolute Gasteiger partial charge is 0.235 e. The summed E-state index contributed by atoms with van der Waals surface area (Å²) in [6, 6.07) is 14.1. The van der Waals surface area contributed by atoms with E-state index in [1.807, 2.05) is 18.2 Å². The number of amides is 1. The predicted octanol–water partition coefficient (Wildman–Crippen LogP) is 4.93. The molecule has 0 saturated heterocycles. The Labute approximate surface area is 136 Å². The van der Waals surface area contributed by atoms with Gasteiger partial charge in [-0.1, -0.05) is 29.8 Å². The number of hydrogen-bond acceptors (Lipinski definition) is 2. The molecule has 2 heterocycles. The normalized spacial score (nSPS) is 25.5.